The van der Waals surface area contributed by atoms with E-state index in [1.54, 1.807) is 44.2 Å². The van der Waals surface area contributed by atoms with Gasteiger partial charge >= 0.3 is 5.97 Å². The van der Waals surface area contributed by atoms with Crippen molar-refractivity contribution in [3.63, 3.8) is 0 Å². The lowest BCUT2D eigenvalue weighted by Gasteiger charge is -2.28. The summed E-state index contributed by atoms with van der Waals surface area (Å²) < 4.78 is 5.25. The fraction of sp³-hybridized carbons (Fsp3) is 0.250. The summed E-state index contributed by atoms with van der Waals surface area (Å²) in [4.78, 5) is 33.0. The monoisotopic (exact) mass is 417 g/mol. The molecule has 8 heteroatoms. The van der Waals surface area contributed by atoms with E-state index in [4.69, 9.17) is 16.3 Å². The molecule has 0 unspecified atom stereocenters. The Labute approximate surface area is 172 Å². The van der Waals surface area contributed by atoms with Crippen molar-refractivity contribution in [2.24, 2.45) is 0 Å². The number of benzene rings is 1. The third kappa shape index (κ3) is 4.00. The van der Waals surface area contributed by atoms with Gasteiger partial charge in [-0.2, -0.15) is 0 Å². The minimum absolute atomic E-state index is 0.238. The van der Waals surface area contributed by atoms with Crippen LogP contribution in [-0.2, 0) is 9.53 Å². The lowest BCUT2D eigenvalue weighted by Crippen LogP contribution is -2.31. The molecule has 0 radical (unpaired) electrons. The van der Waals surface area contributed by atoms with E-state index < -0.39 is 11.9 Å². The summed E-state index contributed by atoms with van der Waals surface area (Å²) >= 11 is 7.39. The van der Waals surface area contributed by atoms with Crippen LogP contribution in [0.1, 0.15) is 30.9 Å². The number of ether oxygens (including phenoxy) is 1. The van der Waals surface area contributed by atoms with Crippen LogP contribution in [0.5, 0.6) is 0 Å². The van der Waals surface area contributed by atoms with Crippen molar-refractivity contribution in [3.8, 4) is 0 Å². The molecule has 1 aliphatic rings. The molecule has 0 fully saturated rings. The molecule has 2 aromatic rings. The smallest absolute Gasteiger partial charge is 0.336 e. The molecule has 2 N–H and O–H groups in total. The highest BCUT2D eigenvalue weighted by atomic mass is 35.5. The van der Waals surface area contributed by atoms with Crippen molar-refractivity contribution >= 4 is 35.1 Å². The molecule has 3 rings (SSSR count). The summed E-state index contributed by atoms with van der Waals surface area (Å²) in [6, 6.07) is 7.06. The highest BCUT2D eigenvalue weighted by Gasteiger charge is 2.36. The Morgan fingerprint density at radius 2 is 2.11 bits per heavy atom. The predicted molar refractivity (Wildman–Crippen MR) is 112 cm³/mol. The number of rotatable bonds is 6. The average Bonchev–Trinajstić information content (AvgIpc) is 2.66. The number of thioether (sulfide) groups is 1. The average molecular weight is 418 g/mol. The van der Waals surface area contributed by atoms with Gasteiger partial charge in [-0.25, -0.2) is 9.78 Å². The SMILES string of the molecule is C=CCSc1nc2c(c(=O)[nH]1)[C@@H](c1ccc(Cl)cc1)C(C(=O)OCC)=C(C)N2. The molecule has 0 aliphatic carbocycles. The van der Waals surface area contributed by atoms with E-state index in [1.807, 2.05) is 0 Å². The predicted octanol–water partition coefficient (Wildman–Crippen LogP) is 4.10. The Balaban J connectivity index is 2.19. The zero-order valence-corrected chi connectivity index (χ0v) is 17.1. The zero-order chi connectivity index (χ0) is 20.3. The van der Waals surface area contributed by atoms with E-state index in [1.165, 1.54) is 11.8 Å². The normalized spacial score (nSPS) is 15.6. The number of esters is 1. The third-order valence-corrected chi connectivity index (χ3v) is 5.38. The molecular weight excluding hydrogens is 398 g/mol. The molecule has 2 heterocycles. The molecule has 0 saturated carbocycles. The number of hydrogen-bond acceptors (Lipinski definition) is 6. The number of allylic oxidation sites excluding steroid dienone is 1. The summed E-state index contributed by atoms with van der Waals surface area (Å²) in [5, 5.41) is 4.15. The Bertz CT molecular complexity index is 999. The Kier molecular flexibility index (Phi) is 6.26. The fourth-order valence-corrected chi connectivity index (χ4v) is 3.83. The lowest BCUT2D eigenvalue weighted by molar-refractivity contribution is -0.138. The number of H-pyrrole nitrogens is 1. The van der Waals surface area contributed by atoms with Gasteiger partial charge in [0.05, 0.1) is 23.7 Å². The molecular formula is C20H20ClN3O3S. The largest absolute Gasteiger partial charge is 0.463 e. The number of nitrogens with one attached hydrogen (secondary N) is 2. The van der Waals surface area contributed by atoms with Crippen LogP contribution in [-0.4, -0.2) is 28.3 Å². The van der Waals surface area contributed by atoms with Crippen molar-refractivity contribution in [1.29, 1.82) is 0 Å². The van der Waals surface area contributed by atoms with Gasteiger partial charge in [0.1, 0.15) is 5.82 Å². The van der Waals surface area contributed by atoms with Crippen LogP contribution >= 0.6 is 23.4 Å². The van der Waals surface area contributed by atoms with Crippen LogP contribution in [0.4, 0.5) is 5.82 Å². The minimum atomic E-state index is -0.609. The fourth-order valence-electron chi connectivity index (χ4n) is 3.11. The van der Waals surface area contributed by atoms with Crippen LogP contribution in [0.15, 0.2) is 58.1 Å². The highest BCUT2D eigenvalue weighted by Crippen LogP contribution is 2.40. The number of hydrogen-bond donors (Lipinski definition) is 2. The van der Waals surface area contributed by atoms with Gasteiger partial charge in [0, 0.05) is 16.5 Å². The third-order valence-electron chi connectivity index (χ3n) is 4.26. The minimum Gasteiger partial charge on any atom is -0.463 e. The molecule has 1 aromatic carbocycles. The molecule has 6 nitrogen and oxygen atoms in total. The number of nitrogens with zero attached hydrogens (tertiary/aromatic N) is 1. The van der Waals surface area contributed by atoms with Crippen LogP contribution in [0.25, 0.3) is 0 Å². The maximum atomic E-state index is 13.0. The van der Waals surface area contributed by atoms with Gasteiger partial charge in [-0.15, -0.1) is 6.58 Å². The quantitative estimate of drug-likeness (QED) is 0.318. The molecule has 146 valence electrons. The summed E-state index contributed by atoms with van der Waals surface area (Å²) in [6.45, 7) is 7.43. The van der Waals surface area contributed by atoms with Crippen LogP contribution in [0.3, 0.4) is 0 Å². The van der Waals surface area contributed by atoms with Gasteiger partial charge < -0.3 is 15.0 Å². The first-order chi connectivity index (χ1) is 13.5. The Hall–Kier alpha value is -2.51. The Morgan fingerprint density at radius 3 is 2.75 bits per heavy atom. The molecule has 0 saturated heterocycles. The lowest BCUT2D eigenvalue weighted by atomic mass is 9.82. The molecule has 0 spiro atoms. The summed E-state index contributed by atoms with van der Waals surface area (Å²) in [5.41, 5.74) is 1.81. The van der Waals surface area contributed by atoms with Crippen molar-refractivity contribution in [1.82, 2.24) is 9.97 Å². The van der Waals surface area contributed by atoms with E-state index in [-0.39, 0.29) is 12.2 Å². The van der Waals surface area contributed by atoms with Gasteiger partial charge in [0.15, 0.2) is 5.16 Å². The number of carbonyl (C=O) groups is 1. The van der Waals surface area contributed by atoms with E-state index in [0.717, 1.165) is 5.56 Å². The maximum absolute atomic E-state index is 13.0. The van der Waals surface area contributed by atoms with Crippen LogP contribution in [0.2, 0.25) is 5.02 Å². The molecule has 1 aliphatic heterocycles. The number of aromatic nitrogens is 2. The molecule has 0 amide bonds. The number of halogens is 1. The van der Waals surface area contributed by atoms with Crippen molar-refractivity contribution < 1.29 is 9.53 Å². The van der Waals surface area contributed by atoms with Crippen LogP contribution < -0.4 is 10.9 Å². The van der Waals surface area contributed by atoms with Crippen molar-refractivity contribution in [2.45, 2.75) is 24.9 Å². The first-order valence-electron chi connectivity index (χ1n) is 8.74. The van der Waals surface area contributed by atoms with Gasteiger partial charge in [-0.3, -0.25) is 4.79 Å². The highest BCUT2D eigenvalue weighted by molar-refractivity contribution is 7.99. The number of fused-ring (bicyclic) bond motifs is 1. The second-order valence-electron chi connectivity index (χ2n) is 6.10. The van der Waals surface area contributed by atoms with E-state index in [2.05, 4.69) is 21.9 Å². The second kappa shape index (κ2) is 8.67. The van der Waals surface area contributed by atoms with E-state index >= 15 is 0 Å². The second-order valence-corrected chi connectivity index (χ2v) is 7.55. The first-order valence-corrected chi connectivity index (χ1v) is 10.1. The van der Waals surface area contributed by atoms with E-state index in [9.17, 15) is 9.59 Å². The van der Waals surface area contributed by atoms with Crippen LogP contribution in [0, 0.1) is 0 Å². The summed E-state index contributed by atoms with van der Waals surface area (Å²) in [6.07, 6.45) is 1.73. The van der Waals surface area contributed by atoms with Gasteiger partial charge in [-0.05, 0) is 31.5 Å². The maximum Gasteiger partial charge on any atom is 0.336 e. The van der Waals surface area contributed by atoms with E-state index in [0.29, 0.717) is 38.6 Å². The molecule has 0 bridgehead atoms. The topological polar surface area (TPSA) is 84.1 Å². The van der Waals surface area contributed by atoms with Crippen molar-refractivity contribution in [3.05, 3.63) is 74.7 Å². The number of anilines is 1. The van der Waals surface area contributed by atoms with Crippen molar-refractivity contribution in [2.75, 3.05) is 17.7 Å². The summed E-state index contributed by atoms with van der Waals surface area (Å²) in [5.74, 6) is -0.0312. The Morgan fingerprint density at radius 1 is 1.39 bits per heavy atom. The first kappa shape index (κ1) is 20.2. The summed E-state index contributed by atoms with van der Waals surface area (Å²) in [7, 11) is 0. The van der Waals surface area contributed by atoms with Gasteiger partial charge in [0.25, 0.3) is 5.56 Å². The standard InChI is InChI=1S/C20H20ClN3O3S/c1-4-10-28-20-23-17-16(18(25)24-20)15(12-6-8-13(21)9-7-12)14(11(3)22-17)19(26)27-5-2/h4,6-9,15H,1,5,10H2,2-3H3,(H2,22,23,24,25)/t15-/m0/s1. The number of aromatic amines is 1. The molecule has 28 heavy (non-hydrogen) atoms. The molecule has 1 atom stereocenters. The number of carbonyl (C=O) groups excluding carboxylic acids is 1. The van der Waals surface area contributed by atoms with Gasteiger partial charge in [0.2, 0.25) is 0 Å². The molecule has 1 aromatic heterocycles. The van der Waals surface area contributed by atoms with Gasteiger partial charge in [-0.1, -0.05) is 41.6 Å². The zero-order valence-electron chi connectivity index (χ0n) is 15.5.